The standard InChI is InChI=1S/C15H16ClN3O2/c16-14-13(7-11(17)8-18-14)15(21)19-12(9-20)6-10-4-2-1-3-5-10/h1-5,7-8,12,20H,6,9,17H2,(H,19,21)/t12-/m1/s1. The van der Waals surface area contributed by atoms with E-state index in [4.69, 9.17) is 17.3 Å². The number of hydrogen-bond donors (Lipinski definition) is 3. The van der Waals surface area contributed by atoms with Crippen LogP contribution in [0.15, 0.2) is 42.6 Å². The van der Waals surface area contributed by atoms with E-state index in [0.717, 1.165) is 5.56 Å². The van der Waals surface area contributed by atoms with Crippen molar-refractivity contribution in [1.29, 1.82) is 0 Å². The van der Waals surface area contributed by atoms with Crippen LogP contribution in [0, 0.1) is 0 Å². The number of benzene rings is 1. The van der Waals surface area contributed by atoms with Crippen molar-refractivity contribution < 1.29 is 9.90 Å². The molecule has 21 heavy (non-hydrogen) atoms. The van der Waals surface area contributed by atoms with Crippen LogP contribution in [0.1, 0.15) is 15.9 Å². The highest BCUT2D eigenvalue weighted by Gasteiger charge is 2.17. The zero-order valence-corrected chi connectivity index (χ0v) is 12.0. The highest BCUT2D eigenvalue weighted by Crippen LogP contribution is 2.15. The molecule has 0 fully saturated rings. The van der Waals surface area contributed by atoms with Gasteiger partial charge in [-0.3, -0.25) is 4.79 Å². The molecule has 2 aromatic rings. The molecule has 0 unspecified atom stereocenters. The molecule has 0 spiro atoms. The Labute approximate surface area is 127 Å². The van der Waals surface area contributed by atoms with E-state index in [1.54, 1.807) is 0 Å². The highest BCUT2D eigenvalue weighted by atomic mass is 35.5. The Morgan fingerprint density at radius 3 is 2.76 bits per heavy atom. The first-order chi connectivity index (χ1) is 10.1. The van der Waals surface area contributed by atoms with Crippen molar-refractivity contribution in [1.82, 2.24) is 10.3 Å². The summed E-state index contributed by atoms with van der Waals surface area (Å²) in [5.41, 5.74) is 7.18. The third kappa shape index (κ3) is 4.18. The lowest BCUT2D eigenvalue weighted by Gasteiger charge is -2.17. The van der Waals surface area contributed by atoms with Crippen LogP contribution in [0.25, 0.3) is 0 Å². The van der Waals surface area contributed by atoms with Gasteiger partial charge in [-0.2, -0.15) is 0 Å². The first kappa shape index (κ1) is 15.3. The van der Waals surface area contributed by atoms with Gasteiger partial charge >= 0.3 is 0 Å². The Morgan fingerprint density at radius 2 is 2.10 bits per heavy atom. The Morgan fingerprint density at radius 1 is 1.38 bits per heavy atom. The summed E-state index contributed by atoms with van der Waals surface area (Å²) in [7, 11) is 0. The molecule has 0 saturated heterocycles. The second-order valence-electron chi connectivity index (χ2n) is 4.65. The second kappa shape index (κ2) is 7.06. The molecule has 0 aliphatic rings. The van der Waals surface area contributed by atoms with Crippen LogP contribution in [-0.4, -0.2) is 28.6 Å². The summed E-state index contributed by atoms with van der Waals surface area (Å²) in [5.74, 6) is -0.408. The van der Waals surface area contributed by atoms with E-state index in [9.17, 15) is 9.90 Å². The SMILES string of the molecule is Nc1cnc(Cl)c(C(=O)N[C@@H](CO)Cc2ccccc2)c1. The van der Waals surface area contributed by atoms with E-state index in [2.05, 4.69) is 10.3 Å². The van der Waals surface area contributed by atoms with Gasteiger partial charge in [-0.25, -0.2) is 4.98 Å². The zero-order valence-electron chi connectivity index (χ0n) is 11.3. The van der Waals surface area contributed by atoms with Crippen LogP contribution in [0.4, 0.5) is 5.69 Å². The molecule has 2 rings (SSSR count). The van der Waals surface area contributed by atoms with Crippen LogP contribution < -0.4 is 11.1 Å². The molecule has 1 amide bonds. The number of aliphatic hydroxyl groups is 1. The van der Waals surface area contributed by atoms with E-state index in [0.29, 0.717) is 12.1 Å². The minimum atomic E-state index is -0.408. The lowest BCUT2D eigenvalue weighted by molar-refractivity contribution is 0.0916. The van der Waals surface area contributed by atoms with Crippen molar-refractivity contribution in [3.8, 4) is 0 Å². The molecule has 0 saturated carbocycles. The first-order valence-corrected chi connectivity index (χ1v) is 6.84. The number of amides is 1. The Bertz CT molecular complexity index is 620. The van der Waals surface area contributed by atoms with Gasteiger partial charge in [-0.1, -0.05) is 41.9 Å². The quantitative estimate of drug-likeness (QED) is 0.733. The van der Waals surface area contributed by atoms with Crippen molar-refractivity contribution in [2.75, 3.05) is 12.3 Å². The van der Waals surface area contributed by atoms with Crippen molar-refractivity contribution in [3.63, 3.8) is 0 Å². The fraction of sp³-hybridized carbons (Fsp3) is 0.200. The molecule has 0 bridgehead atoms. The molecular formula is C15H16ClN3O2. The predicted molar refractivity (Wildman–Crippen MR) is 82.1 cm³/mol. The van der Waals surface area contributed by atoms with Crippen molar-refractivity contribution in [3.05, 3.63) is 58.9 Å². The molecule has 1 atom stereocenters. The van der Waals surface area contributed by atoms with Crippen molar-refractivity contribution in [2.45, 2.75) is 12.5 Å². The van der Waals surface area contributed by atoms with Gasteiger partial charge in [-0.15, -0.1) is 0 Å². The smallest absolute Gasteiger partial charge is 0.254 e. The number of rotatable bonds is 5. The summed E-state index contributed by atoms with van der Waals surface area (Å²) in [6.07, 6.45) is 1.91. The number of nitrogen functional groups attached to an aromatic ring is 1. The van der Waals surface area contributed by atoms with Crippen LogP contribution in [-0.2, 0) is 6.42 Å². The largest absolute Gasteiger partial charge is 0.397 e. The summed E-state index contributed by atoms with van der Waals surface area (Å²) >= 11 is 5.89. The van der Waals surface area contributed by atoms with Crippen LogP contribution >= 0.6 is 11.6 Å². The fourth-order valence-electron chi connectivity index (χ4n) is 1.95. The third-order valence-electron chi connectivity index (χ3n) is 2.99. The number of nitrogens with one attached hydrogen (secondary N) is 1. The molecule has 0 radical (unpaired) electrons. The number of carbonyl (C=O) groups excluding carboxylic acids is 1. The van der Waals surface area contributed by atoms with E-state index < -0.39 is 11.9 Å². The van der Waals surface area contributed by atoms with Crippen LogP contribution in [0.5, 0.6) is 0 Å². The van der Waals surface area contributed by atoms with E-state index in [1.807, 2.05) is 30.3 Å². The predicted octanol–water partition coefficient (Wildman–Crippen LogP) is 1.65. The minimum absolute atomic E-state index is 0.0816. The molecule has 4 N–H and O–H groups in total. The maximum absolute atomic E-state index is 12.2. The Kier molecular flexibility index (Phi) is 5.14. The van der Waals surface area contributed by atoms with Crippen LogP contribution in [0.2, 0.25) is 5.15 Å². The molecule has 1 aromatic carbocycles. The average molecular weight is 306 g/mol. The summed E-state index contributed by atoms with van der Waals surface area (Å²) in [4.78, 5) is 16.0. The molecule has 0 aliphatic heterocycles. The minimum Gasteiger partial charge on any atom is -0.397 e. The number of hydrogen-bond acceptors (Lipinski definition) is 4. The Balaban J connectivity index is 2.07. The molecule has 6 heteroatoms. The van der Waals surface area contributed by atoms with Gasteiger partial charge in [0, 0.05) is 0 Å². The highest BCUT2D eigenvalue weighted by molar-refractivity contribution is 6.32. The van der Waals surface area contributed by atoms with Gasteiger partial charge in [0.2, 0.25) is 0 Å². The summed E-state index contributed by atoms with van der Waals surface area (Å²) in [5, 5.41) is 12.2. The van der Waals surface area contributed by atoms with Gasteiger partial charge in [0.05, 0.1) is 30.1 Å². The number of halogens is 1. The Hall–Kier alpha value is -2.11. The third-order valence-corrected chi connectivity index (χ3v) is 3.29. The topological polar surface area (TPSA) is 88.2 Å². The summed E-state index contributed by atoms with van der Waals surface area (Å²) < 4.78 is 0. The van der Waals surface area contributed by atoms with Gasteiger partial charge in [0.25, 0.3) is 5.91 Å². The second-order valence-corrected chi connectivity index (χ2v) is 5.01. The van der Waals surface area contributed by atoms with Crippen molar-refractivity contribution in [2.24, 2.45) is 0 Å². The first-order valence-electron chi connectivity index (χ1n) is 6.47. The summed E-state index contributed by atoms with van der Waals surface area (Å²) in [6, 6.07) is 10.6. The fourth-order valence-corrected chi connectivity index (χ4v) is 2.14. The van der Waals surface area contributed by atoms with E-state index in [1.165, 1.54) is 12.3 Å². The number of carbonyl (C=O) groups is 1. The number of aromatic nitrogens is 1. The molecule has 1 aromatic heterocycles. The maximum Gasteiger partial charge on any atom is 0.254 e. The molecular weight excluding hydrogens is 290 g/mol. The van der Waals surface area contributed by atoms with E-state index >= 15 is 0 Å². The molecule has 5 nitrogen and oxygen atoms in total. The van der Waals surface area contributed by atoms with Crippen LogP contribution in [0.3, 0.4) is 0 Å². The van der Waals surface area contributed by atoms with Crippen molar-refractivity contribution >= 4 is 23.2 Å². The van der Waals surface area contributed by atoms with Gasteiger partial charge in [0.15, 0.2) is 0 Å². The number of pyridine rings is 1. The normalized spacial score (nSPS) is 11.9. The van der Waals surface area contributed by atoms with Gasteiger partial charge in [-0.05, 0) is 18.1 Å². The number of nitrogens with two attached hydrogens (primary N) is 1. The monoisotopic (exact) mass is 305 g/mol. The summed E-state index contributed by atoms with van der Waals surface area (Å²) in [6.45, 7) is -0.173. The average Bonchev–Trinajstić information content (AvgIpc) is 2.50. The zero-order chi connectivity index (χ0) is 15.2. The van der Waals surface area contributed by atoms with Gasteiger partial charge in [0.1, 0.15) is 5.15 Å². The molecule has 0 aliphatic carbocycles. The van der Waals surface area contributed by atoms with E-state index in [-0.39, 0.29) is 17.3 Å². The number of anilines is 1. The molecule has 1 heterocycles. The van der Waals surface area contributed by atoms with Gasteiger partial charge < -0.3 is 16.2 Å². The number of aliphatic hydroxyl groups excluding tert-OH is 1. The lowest BCUT2D eigenvalue weighted by atomic mass is 10.1. The molecule has 110 valence electrons. The lowest BCUT2D eigenvalue weighted by Crippen LogP contribution is -2.39. The number of nitrogens with zero attached hydrogens (tertiary/aromatic N) is 1. The maximum atomic E-state index is 12.2.